The van der Waals surface area contributed by atoms with Crippen molar-refractivity contribution in [3.05, 3.63) is 21.6 Å². The third kappa shape index (κ3) is 3.61. The largest absolute Gasteiger partial charge is 0.225 e. The summed E-state index contributed by atoms with van der Waals surface area (Å²) in [5, 5.41) is 0.308. The van der Waals surface area contributed by atoms with Crippen LogP contribution in [-0.2, 0) is 6.42 Å². The van der Waals surface area contributed by atoms with Crippen LogP contribution in [-0.4, -0.2) is 9.97 Å². The lowest BCUT2D eigenvalue weighted by molar-refractivity contribution is 0.405. The van der Waals surface area contributed by atoms with Crippen molar-refractivity contribution in [2.45, 2.75) is 27.2 Å². The Bertz CT molecular complexity index is 307. The minimum atomic E-state index is 0.209. The van der Waals surface area contributed by atoms with E-state index in [2.05, 4.69) is 46.7 Å². The predicted octanol–water partition coefficient (Wildman–Crippen LogP) is 3.48. The Hall–Kier alpha value is -0.150. The molecule has 0 amide bonds. The van der Waals surface area contributed by atoms with Gasteiger partial charge in [-0.25, -0.2) is 9.97 Å². The van der Waals surface area contributed by atoms with Crippen LogP contribution >= 0.6 is 27.5 Å². The van der Waals surface area contributed by atoms with Crippen LogP contribution < -0.4 is 0 Å². The molecule has 0 saturated heterocycles. The van der Waals surface area contributed by atoms with Crippen LogP contribution in [0.5, 0.6) is 0 Å². The lowest BCUT2D eigenvalue weighted by Gasteiger charge is -2.17. The normalized spacial score (nSPS) is 11.8. The van der Waals surface area contributed by atoms with Crippen molar-refractivity contribution in [2.75, 3.05) is 0 Å². The highest BCUT2D eigenvalue weighted by atomic mass is 79.9. The van der Waals surface area contributed by atoms with Crippen molar-refractivity contribution in [3.8, 4) is 0 Å². The van der Waals surface area contributed by atoms with E-state index in [-0.39, 0.29) is 5.41 Å². The van der Waals surface area contributed by atoms with E-state index in [4.69, 9.17) is 11.6 Å². The zero-order chi connectivity index (χ0) is 10.1. The van der Waals surface area contributed by atoms with Crippen molar-refractivity contribution in [1.29, 1.82) is 0 Å². The van der Waals surface area contributed by atoms with E-state index in [1.54, 1.807) is 6.20 Å². The minimum Gasteiger partial charge on any atom is -0.225 e. The van der Waals surface area contributed by atoms with Gasteiger partial charge in [-0.05, 0) is 39.4 Å². The number of halogens is 2. The first-order chi connectivity index (χ1) is 5.88. The number of aromatic nitrogens is 2. The lowest BCUT2D eigenvalue weighted by Crippen LogP contribution is -2.11. The van der Waals surface area contributed by atoms with E-state index in [0.717, 1.165) is 16.6 Å². The van der Waals surface area contributed by atoms with Gasteiger partial charge < -0.3 is 0 Å². The van der Waals surface area contributed by atoms with Crippen LogP contribution in [0, 0.1) is 5.41 Å². The molecule has 0 aliphatic heterocycles. The van der Waals surface area contributed by atoms with Gasteiger partial charge in [-0.3, -0.25) is 0 Å². The van der Waals surface area contributed by atoms with E-state index < -0.39 is 0 Å². The molecular weight excluding hydrogens is 251 g/mol. The van der Waals surface area contributed by atoms with Gasteiger partial charge >= 0.3 is 0 Å². The number of hydrogen-bond donors (Lipinski definition) is 0. The van der Waals surface area contributed by atoms with Crippen molar-refractivity contribution in [2.24, 2.45) is 5.41 Å². The molecular formula is C9H12BrClN2. The summed E-state index contributed by atoms with van der Waals surface area (Å²) >= 11 is 9.10. The van der Waals surface area contributed by atoms with Gasteiger partial charge in [0, 0.05) is 6.20 Å². The average Bonchev–Trinajstić information content (AvgIpc) is 1.94. The van der Waals surface area contributed by atoms with Gasteiger partial charge in [-0.1, -0.05) is 20.8 Å². The molecule has 0 saturated carbocycles. The molecule has 0 radical (unpaired) electrons. The fourth-order valence-electron chi connectivity index (χ4n) is 1.00. The van der Waals surface area contributed by atoms with E-state index in [0.29, 0.717) is 5.28 Å². The summed E-state index contributed by atoms with van der Waals surface area (Å²) in [4.78, 5) is 8.04. The van der Waals surface area contributed by atoms with Gasteiger partial charge in [0.15, 0.2) is 0 Å². The summed E-state index contributed by atoms with van der Waals surface area (Å²) in [5.41, 5.74) is 1.17. The maximum absolute atomic E-state index is 5.70. The van der Waals surface area contributed by atoms with Crippen molar-refractivity contribution >= 4 is 27.5 Å². The molecule has 1 rings (SSSR count). The molecule has 1 heterocycles. The van der Waals surface area contributed by atoms with Gasteiger partial charge in [-0.2, -0.15) is 0 Å². The van der Waals surface area contributed by atoms with E-state index >= 15 is 0 Å². The molecule has 0 aliphatic carbocycles. The van der Waals surface area contributed by atoms with Crippen LogP contribution in [0.2, 0.25) is 5.28 Å². The summed E-state index contributed by atoms with van der Waals surface area (Å²) in [7, 11) is 0. The third-order valence-electron chi connectivity index (χ3n) is 1.49. The number of nitrogens with zero attached hydrogens (tertiary/aromatic N) is 2. The molecule has 13 heavy (non-hydrogen) atoms. The first-order valence-corrected chi connectivity index (χ1v) is 5.22. The molecule has 0 aliphatic rings. The second-order valence-corrected chi connectivity index (χ2v) is 5.36. The molecule has 0 spiro atoms. The fourth-order valence-corrected chi connectivity index (χ4v) is 1.49. The SMILES string of the molecule is CC(C)(C)Cc1nc(Cl)ncc1Br. The Morgan fingerprint density at radius 1 is 1.46 bits per heavy atom. The smallest absolute Gasteiger partial charge is 0.222 e. The second kappa shape index (κ2) is 3.93. The van der Waals surface area contributed by atoms with Crippen molar-refractivity contribution < 1.29 is 0 Å². The molecule has 0 aromatic carbocycles. The molecule has 0 fully saturated rings. The van der Waals surface area contributed by atoms with Crippen LogP contribution in [0.15, 0.2) is 10.7 Å². The quantitative estimate of drug-likeness (QED) is 0.725. The van der Waals surface area contributed by atoms with Crippen LogP contribution in [0.3, 0.4) is 0 Å². The zero-order valence-electron chi connectivity index (χ0n) is 7.93. The first-order valence-electron chi connectivity index (χ1n) is 4.05. The van der Waals surface area contributed by atoms with E-state index in [1.807, 2.05) is 0 Å². The maximum atomic E-state index is 5.70. The highest BCUT2D eigenvalue weighted by Crippen LogP contribution is 2.24. The molecule has 0 unspecified atom stereocenters. The summed E-state index contributed by atoms with van der Waals surface area (Å²) in [6.45, 7) is 6.49. The van der Waals surface area contributed by atoms with Gasteiger partial charge in [0.2, 0.25) is 5.28 Å². The summed E-state index contributed by atoms with van der Waals surface area (Å²) < 4.78 is 0.923. The van der Waals surface area contributed by atoms with Gasteiger partial charge in [0.05, 0.1) is 10.2 Å². The predicted molar refractivity (Wildman–Crippen MR) is 57.9 cm³/mol. The van der Waals surface area contributed by atoms with E-state index in [1.165, 1.54) is 0 Å². The Morgan fingerprint density at radius 2 is 2.08 bits per heavy atom. The Morgan fingerprint density at radius 3 is 2.62 bits per heavy atom. The van der Waals surface area contributed by atoms with Gasteiger partial charge in [0.25, 0.3) is 0 Å². The Kier molecular flexibility index (Phi) is 3.30. The fraction of sp³-hybridized carbons (Fsp3) is 0.556. The second-order valence-electron chi connectivity index (χ2n) is 4.17. The average molecular weight is 264 g/mol. The van der Waals surface area contributed by atoms with E-state index in [9.17, 15) is 0 Å². The molecule has 1 aromatic rings. The monoisotopic (exact) mass is 262 g/mol. The number of rotatable bonds is 1. The third-order valence-corrected chi connectivity index (χ3v) is 2.33. The van der Waals surface area contributed by atoms with Gasteiger partial charge in [0.1, 0.15) is 0 Å². The summed E-state index contributed by atoms with van der Waals surface area (Å²) in [6.07, 6.45) is 2.58. The lowest BCUT2D eigenvalue weighted by atomic mass is 9.90. The summed E-state index contributed by atoms with van der Waals surface area (Å²) in [5.74, 6) is 0. The number of hydrogen-bond acceptors (Lipinski definition) is 2. The molecule has 2 nitrogen and oxygen atoms in total. The summed E-state index contributed by atoms with van der Waals surface area (Å²) in [6, 6.07) is 0. The van der Waals surface area contributed by atoms with Crippen LogP contribution in [0.4, 0.5) is 0 Å². The molecule has 0 N–H and O–H groups in total. The topological polar surface area (TPSA) is 25.8 Å². The van der Waals surface area contributed by atoms with Crippen LogP contribution in [0.25, 0.3) is 0 Å². The standard InChI is InChI=1S/C9H12BrClN2/c1-9(2,3)4-7-6(10)5-12-8(11)13-7/h5H,4H2,1-3H3. The zero-order valence-corrected chi connectivity index (χ0v) is 10.3. The van der Waals surface area contributed by atoms with Crippen molar-refractivity contribution in [3.63, 3.8) is 0 Å². The molecule has 4 heteroatoms. The highest BCUT2D eigenvalue weighted by Gasteiger charge is 2.15. The van der Waals surface area contributed by atoms with Crippen LogP contribution in [0.1, 0.15) is 26.5 Å². The maximum Gasteiger partial charge on any atom is 0.222 e. The Balaban J connectivity index is 2.94. The minimum absolute atomic E-state index is 0.209. The van der Waals surface area contributed by atoms with Crippen molar-refractivity contribution in [1.82, 2.24) is 9.97 Å². The molecule has 0 atom stereocenters. The first kappa shape index (κ1) is 10.9. The molecule has 1 aromatic heterocycles. The molecule has 72 valence electrons. The Labute approximate surface area is 91.9 Å². The van der Waals surface area contributed by atoms with Gasteiger partial charge in [-0.15, -0.1) is 0 Å². The highest BCUT2D eigenvalue weighted by molar-refractivity contribution is 9.10. The molecule has 0 bridgehead atoms.